The SMILES string of the molecule is CC(=O)Cc1c(C(C)C)sc2[nH]c(=S)[nH]c(=S)c12. The first kappa shape index (κ1) is 13.6. The molecule has 0 bridgehead atoms. The van der Waals surface area contributed by atoms with Crippen LogP contribution in [-0.2, 0) is 11.2 Å². The molecule has 0 saturated heterocycles. The summed E-state index contributed by atoms with van der Waals surface area (Å²) in [5.41, 5.74) is 1.05. The fraction of sp³-hybridized carbons (Fsp3) is 0.417. The van der Waals surface area contributed by atoms with Crippen LogP contribution in [0.15, 0.2) is 0 Å². The zero-order valence-corrected chi connectivity index (χ0v) is 12.9. The summed E-state index contributed by atoms with van der Waals surface area (Å²) < 4.78 is 1.14. The number of carbonyl (C=O) groups excluding carboxylic acids is 1. The third-order valence-electron chi connectivity index (χ3n) is 2.67. The second-order valence-electron chi connectivity index (χ2n) is 4.59. The molecule has 0 aliphatic carbocycles. The molecule has 2 aromatic rings. The molecule has 6 heteroatoms. The first-order valence-electron chi connectivity index (χ1n) is 5.67. The number of aromatic nitrogens is 2. The van der Waals surface area contributed by atoms with Gasteiger partial charge in [-0.1, -0.05) is 26.1 Å². The van der Waals surface area contributed by atoms with Crippen LogP contribution in [0.2, 0.25) is 0 Å². The van der Waals surface area contributed by atoms with E-state index in [0.717, 1.165) is 15.8 Å². The van der Waals surface area contributed by atoms with Crippen LogP contribution < -0.4 is 0 Å². The zero-order valence-electron chi connectivity index (χ0n) is 10.4. The van der Waals surface area contributed by atoms with Crippen LogP contribution in [0.25, 0.3) is 10.2 Å². The smallest absolute Gasteiger partial charge is 0.176 e. The summed E-state index contributed by atoms with van der Waals surface area (Å²) >= 11 is 12.1. The maximum absolute atomic E-state index is 11.4. The van der Waals surface area contributed by atoms with Crippen molar-refractivity contribution >= 4 is 51.8 Å². The Balaban J connectivity index is 2.85. The van der Waals surface area contributed by atoms with E-state index in [2.05, 4.69) is 23.8 Å². The van der Waals surface area contributed by atoms with Gasteiger partial charge in [-0.2, -0.15) is 0 Å². The van der Waals surface area contributed by atoms with Gasteiger partial charge in [0.15, 0.2) is 4.77 Å². The van der Waals surface area contributed by atoms with Gasteiger partial charge in [-0.05, 0) is 30.6 Å². The van der Waals surface area contributed by atoms with E-state index in [0.29, 0.717) is 21.8 Å². The Morgan fingerprint density at radius 2 is 2.00 bits per heavy atom. The molecule has 0 aliphatic heterocycles. The summed E-state index contributed by atoms with van der Waals surface area (Å²) in [7, 11) is 0. The Kier molecular flexibility index (Phi) is 3.79. The van der Waals surface area contributed by atoms with E-state index in [-0.39, 0.29) is 5.78 Å². The number of thiophene rings is 1. The topological polar surface area (TPSA) is 48.6 Å². The fourth-order valence-corrected chi connectivity index (χ4v) is 3.96. The van der Waals surface area contributed by atoms with Crippen LogP contribution in [0, 0.1) is 9.41 Å². The van der Waals surface area contributed by atoms with Crippen molar-refractivity contribution in [2.45, 2.75) is 33.1 Å². The Labute approximate surface area is 119 Å². The van der Waals surface area contributed by atoms with Crippen molar-refractivity contribution in [1.82, 2.24) is 9.97 Å². The molecule has 2 aromatic heterocycles. The maximum atomic E-state index is 11.4. The zero-order chi connectivity index (χ0) is 13.4. The minimum atomic E-state index is 0.147. The summed E-state index contributed by atoms with van der Waals surface area (Å²) in [6.45, 7) is 5.84. The van der Waals surface area contributed by atoms with E-state index < -0.39 is 0 Å². The van der Waals surface area contributed by atoms with E-state index in [9.17, 15) is 4.79 Å². The van der Waals surface area contributed by atoms with Crippen molar-refractivity contribution in [3.63, 3.8) is 0 Å². The molecule has 18 heavy (non-hydrogen) atoms. The largest absolute Gasteiger partial charge is 0.324 e. The van der Waals surface area contributed by atoms with E-state index in [4.69, 9.17) is 24.4 Å². The molecule has 2 N–H and O–H groups in total. The van der Waals surface area contributed by atoms with Crippen molar-refractivity contribution in [3.05, 3.63) is 19.9 Å². The molecular weight excluding hydrogens is 284 g/mol. The molecule has 3 nitrogen and oxygen atoms in total. The van der Waals surface area contributed by atoms with Crippen LogP contribution in [0.1, 0.15) is 37.1 Å². The standard InChI is InChI=1S/C12H14N2OS3/c1-5(2)9-7(4-6(3)15)8-10(16)13-12(17)14-11(8)18-9/h5H,4H2,1-3H3,(H2,13,14,16,17). The molecule has 0 unspecified atom stereocenters. The van der Waals surface area contributed by atoms with E-state index in [1.807, 2.05) is 0 Å². The number of hydrogen-bond acceptors (Lipinski definition) is 4. The van der Waals surface area contributed by atoms with Gasteiger partial charge in [0.1, 0.15) is 15.3 Å². The molecule has 96 valence electrons. The third kappa shape index (κ3) is 2.46. The lowest BCUT2D eigenvalue weighted by molar-refractivity contribution is -0.116. The number of nitrogens with one attached hydrogen (secondary N) is 2. The molecule has 0 fully saturated rings. The first-order chi connectivity index (χ1) is 8.40. The molecular formula is C12H14N2OS3. The number of Topliss-reactive ketones (excluding diaryl/α,β-unsaturated/α-hetero) is 1. The number of rotatable bonds is 3. The summed E-state index contributed by atoms with van der Waals surface area (Å²) in [4.78, 5) is 19.7. The second-order valence-corrected chi connectivity index (χ2v) is 6.46. The van der Waals surface area contributed by atoms with E-state index in [1.54, 1.807) is 18.3 Å². The molecule has 0 spiro atoms. The van der Waals surface area contributed by atoms with Gasteiger partial charge in [-0.25, -0.2) is 0 Å². The Bertz CT molecular complexity index is 721. The van der Waals surface area contributed by atoms with Gasteiger partial charge in [0.25, 0.3) is 0 Å². The average Bonchev–Trinajstić information content (AvgIpc) is 2.55. The predicted octanol–water partition coefficient (Wildman–Crippen LogP) is 4.27. The van der Waals surface area contributed by atoms with Crippen LogP contribution in [-0.4, -0.2) is 15.8 Å². The summed E-state index contributed by atoms with van der Waals surface area (Å²) in [6.07, 6.45) is 0.426. The second kappa shape index (κ2) is 5.03. The molecule has 0 saturated carbocycles. The fourth-order valence-electron chi connectivity index (χ4n) is 2.00. The minimum absolute atomic E-state index is 0.147. The van der Waals surface area contributed by atoms with E-state index >= 15 is 0 Å². The summed E-state index contributed by atoms with van der Waals surface area (Å²) in [5, 5.41) is 0.947. The molecule has 0 aromatic carbocycles. The minimum Gasteiger partial charge on any atom is -0.324 e. The molecule has 0 atom stereocenters. The quantitative estimate of drug-likeness (QED) is 0.832. The molecule has 0 radical (unpaired) electrons. The number of hydrogen-bond donors (Lipinski definition) is 2. The van der Waals surface area contributed by atoms with Crippen LogP contribution in [0.3, 0.4) is 0 Å². The van der Waals surface area contributed by atoms with Crippen molar-refractivity contribution in [3.8, 4) is 0 Å². The highest BCUT2D eigenvalue weighted by Gasteiger charge is 2.17. The molecule has 0 amide bonds. The third-order valence-corrected chi connectivity index (χ3v) is 4.63. The summed E-state index contributed by atoms with van der Waals surface area (Å²) in [6, 6.07) is 0. The normalized spacial score (nSPS) is 11.3. The highest BCUT2D eigenvalue weighted by Crippen LogP contribution is 2.35. The first-order valence-corrected chi connectivity index (χ1v) is 7.30. The number of ketones is 1. The number of carbonyl (C=O) groups is 1. The number of H-pyrrole nitrogens is 2. The maximum Gasteiger partial charge on any atom is 0.176 e. The van der Waals surface area contributed by atoms with Gasteiger partial charge >= 0.3 is 0 Å². The van der Waals surface area contributed by atoms with Crippen molar-refractivity contribution in [2.75, 3.05) is 0 Å². The van der Waals surface area contributed by atoms with Crippen molar-refractivity contribution in [1.29, 1.82) is 0 Å². The van der Waals surface area contributed by atoms with Crippen LogP contribution in [0.5, 0.6) is 0 Å². The van der Waals surface area contributed by atoms with Gasteiger partial charge in [-0.3, -0.25) is 4.79 Å². The number of fused-ring (bicyclic) bond motifs is 1. The highest BCUT2D eigenvalue weighted by atomic mass is 32.1. The average molecular weight is 298 g/mol. The Morgan fingerprint density at radius 3 is 2.56 bits per heavy atom. The lowest BCUT2D eigenvalue weighted by Crippen LogP contribution is -2.00. The van der Waals surface area contributed by atoms with Gasteiger partial charge in [0.05, 0.1) is 0 Å². The predicted molar refractivity (Wildman–Crippen MR) is 80.7 cm³/mol. The highest BCUT2D eigenvalue weighted by molar-refractivity contribution is 7.72. The molecule has 2 heterocycles. The van der Waals surface area contributed by atoms with E-state index in [1.165, 1.54) is 4.88 Å². The lowest BCUT2D eigenvalue weighted by atomic mass is 10.0. The van der Waals surface area contributed by atoms with Gasteiger partial charge in [-0.15, -0.1) is 11.3 Å². The van der Waals surface area contributed by atoms with Gasteiger partial charge in [0.2, 0.25) is 0 Å². The molecule has 0 aliphatic rings. The van der Waals surface area contributed by atoms with Crippen molar-refractivity contribution < 1.29 is 4.79 Å². The monoisotopic (exact) mass is 298 g/mol. The Hall–Kier alpha value is -0.850. The van der Waals surface area contributed by atoms with Crippen molar-refractivity contribution in [2.24, 2.45) is 0 Å². The van der Waals surface area contributed by atoms with Crippen LogP contribution >= 0.6 is 35.8 Å². The van der Waals surface area contributed by atoms with Crippen LogP contribution in [0.4, 0.5) is 0 Å². The van der Waals surface area contributed by atoms with Gasteiger partial charge in [0, 0.05) is 16.7 Å². The molecule has 2 rings (SSSR count). The Morgan fingerprint density at radius 1 is 1.33 bits per heavy atom. The lowest BCUT2D eigenvalue weighted by Gasteiger charge is -2.05. The summed E-state index contributed by atoms with van der Waals surface area (Å²) in [5.74, 6) is 0.515. The van der Waals surface area contributed by atoms with Gasteiger partial charge < -0.3 is 9.97 Å². The number of aromatic amines is 2.